The summed E-state index contributed by atoms with van der Waals surface area (Å²) in [5.41, 5.74) is 2.18. The number of para-hydroxylation sites is 3. The highest BCUT2D eigenvalue weighted by Crippen LogP contribution is 2.33. The van der Waals surface area contributed by atoms with Crippen molar-refractivity contribution in [2.45, 2.75) is 25.1 Å². The van der Waals surface area contributed by atoms with Crippen LogP contribution in [-0.4, -0.2) is 82.2 Å². The molecule has 0 aliphatic carbocycles. The van der Waals surface area contributed by atoms with E-state index in [1.165, 1.54) is 34.4 Å². The minimum atomic E-state index is -4.88. The van der Waals surface area contributed by atoms with Gasteiger partial charge in [0.05, 0.1) is 21.6 Å². The molecule has 9 nitrogen and oxygen atoms in total. The molecule has 41 heavy (non-hydrogen) atoms. The molecular formula is C28H27F3N6O3S. The summed E-state index contributed by atoms with van der Waals surface area (Å²) >= 11 is 1.43. The smallest absolute Gasteiger partial charge is 0.405 e. The first-order valence-corrected chi connectivity index (χ1v) is 14.2. The third-order valence-electron chi connectivity index (χ3n) is 7.46. The first-order chi connectivity index (χ1) is 19.7. The van der Waals surface area contributed by atoms with E-state index in [4.69, 9.17) is 0 Å². The number of nitrogens with one attached hydrogen (secondary N) is 1. The molecule has 0 radical (unpaired) electrons. The van der Waals surface area contributed by atoms with Gasteiger partial charge < -0.3 is 24.4 Å². The zero-order valence-electron chi connectivity index (χ0n) is 21.9. The summed E-state index contributed by atoms with van der Waals surface area (Å²) in [6.07, 6.45) is -3.68. The maximum absolute atomic E-state index is 13.2. The summed E-state index contributed by atoms with van der Waals surface area (Å²) in [6.45, 7) is 3.18. The number of amides is 2. The zero-order valence-corrected chi connectivity index (χ0v) is 22.7. The number of H-pyrrole nitrogens is 1. The van der Waals surface area contributed by atoms with E-state index >= 15 is 0 Å². The fraction of sp³-hybridized carbons (Fsp3) is 0.357. The van der Waals surface area contributed by atoms with Gasteiger partial charge in [-0.15, -0.1) is 24.5 Å². The number of aromatic amines is 1. The van der Waals surface area contributed by atoms with Crippen LogP contribution in [0.1, 0.15) is 44.6 Å². The minimum Gasteiger partial charge on any atom is -0.405 e. The van der Waals surface area contributed by atoms with Crippen molar-refractivity contribution in [1.82, 2.24) is 24.8 Å². The number of nitrogens with zero attached hydrogens (tertiary/aromatic N) is 5. The predicted octanol–water partition coefficient (Wildman–Crippen LogP) is 4.90. The number of halogens is 3. The standard InChI is InChI=1S/C28H27F3N6O3S/c29-28(30,31)40-23-8-4-1-5-19(23)25(38)35-11-9-18(10-12-35)24-32-22(17-41-24)26(39)36-13-15-37(16-14-36)27-33-20-6-2-3-7-21(20)34-27/h1-8,17-18H,9-16H2,(H,33,34). The third-order valence-corrected chi connectivity index (χ3v) is 8.47. The van der Waals surface area contributed by atoms with Gasteiger partial charge in [0.15, 0.2) is 0 Å². The Hall–Kier alpha value is -4.13. The van der Waals surface area contributed by atoms with Gasteiger partial charge >= 0.3 is 6.36 Å². The van der Waals surface area contributed by atoms with Crippen LogP contribution < -0.4 is 9.64 Å². The summed E-state index contributed by atoms with van der Waals surface area (Å²) in [6, 6.07) is 13.2. The number of piperidine rings is 1. The molecule has 0 atom stereocenters. The maximum atomic E-state index is 13.2. The Balaban J connectivity index is 1.03. The van der Waals surface area contributed by atoms with Gasteiger partial charge in [-0.2, -0.15) is 0 Å². The van der Waals surface area contributed by atoms with Crippen LogP contribution in [0.5, 0.6) is 5.75 Å². The molecule has 214 valence electrons. The maximum Gasteiger partial charge on any atom is 0.573 e. The van der Waals surface area contributed by atoms with E-state index in [1.807, 2.05) is 24.3 Å². The second-order valence-electron chi connectivity index (χ2n) is 10.0. The van der Waals surface area contributed by atoms with Crippen LogP contribution in [0.15, 0.2) is 53.9 Å². The number of anilines is 1. The fourth-order valence-corrected chi connectivity index (χ4v) is 6.27. The summed E-state index contributed by atoms with van der Waals surface area (Å²) in [7, 11) is 0. The number of fused-ring (bicyclic) bond motifs is 1. The topological polar surface area (TPSA) is 94.7 Å². The Labute approximate surface area is 237 Å². The number of benzene rings is 2. The Kier molecular flexibility index (Phi) is 7.28. The minimum absolute atomic E-state index is 0.0669. The van der Waals surface area contributed by atoms with Gasteiger partial charge in [-0.05, 0) is 37.1 Å². The normalized spacial score (nSPS) is 16.8. The van der Waals surface area contributed by atoms with E-state index in [-0.39, 0.29) is 17.4 Å². The molecule has 0 spiro atoms. The summed E-state index contributed by atoms with van der Waals surface area (Å²) < 4.78 is 42.4. The number of thiazole rings is 1. The molecule has 0 saturated carbocycles. The van der Waals surface area contributed by atoms with Crippen LogP contribution in [-0.2, 0) is 0 Å². The van der Waals surface area contributed by atoms with Crippen molar-refractivity contribution in [3.63, 3.8) is 0 Å². The highest BCUT2D eigenvalue weighted by molar-refractivity contribution is 7.09. The third kappa shape index (κ3) is 5.85. The van der Waals surface area contributed by atoms with Gasteiger partial charge in [0.2, 0.25) is 5.95 Å². The Morgan fingerprint density at radius 2 is 1.56 bits per heavy atom. The average molecular weight is 585 g/mol. The molecule has 0 unspecified atom stereocenters. The first-order valence-electron chi connectivity index (χ1n) is 13.3. The van der Waals surface area contributed by atoms with Crippen LogP contribution in [0.4, 0.5) is 19.1 Å². The SMILES string of the molecule is O=C(c1csc(C2CCN(C(=O)c3ccccc3OC(F)(F)F)CC2)n1)N1CCN(c2nc3ccccc3[nH]2)CC1. The highest BCUT2D eigenvalue weighted by Gasteiger charge is 2.34. The molecule has 2 aromatic carbocycles. The van der Waals surface area contributed by atoms with Crippen molar-refractivity contribution < 1.29 is 27.5 Å². The summed E-state index contributed by atoms with van der Waals surface area (Å²) in [4.78, 5) is 44.3. The second-order valence-corrected chi connectivity index (χ2v) is 10.9. The van der Waals surface area contributed by atoms with Crippen molar-refractivity contribution in [3.8, 4) is 5.75 Å². The molecule has 2 fully saturated rings. The molecule has 4 heterocycles. The van der Waals surface area contributed by atoms with Crippen molar-refractivity contribution >= 4 is 40.1 Å². The van der Waals surface area contributed by atoms with Gasteiger partial charge in [-0.25, -0.2) is 9.97 Å². The van der Waals surface area contributed by atoms with E-state index in [9.17, 15) is 22.8 Å². The lowest BCUT2D eigenvalue weighted by Crippen LogP contribution is -2.49. The van der Waals surface area contributed by atoms with Crippen LogP contribution >= 0.6 is 11.3 Å². The lowest BCUT2D eigenvalue weighted by atomic mass is 9.97. The Bertz CT molecular complexity index is 1520. The number of hydrogen-bond donors (Lipinski definition) is 1. The lowest BCUT2D eigenvalue weighted by Gasteiger charge is -2.34. The first kappa shape index (κ1) is 27.1. The van der Waals surface area contributed by atoms with Gasteiger partial charge in [-0.3, -0.25) is 9.59 Å². The number of rotatable bonds is 5. The van der Waals surface area contributed by atoms with Crippen molar-refractivity contribution in [3.05, 3.63) is 70.2 Å². The van der Waals surface area contributed by atoms with Crippen LogP contribution in [0.3, 0.4) is 0 Å². The highest BCUT2D eigenvalue weighted by atomic mass is 32.1. The van der Waals surface area contributed by atoms with E-state index in [0.29, 0.717) is 57.8 Å². The quantitative estimate of drug-likeness (QED) is 0.359. The van der Waals surface area contributed by atoms with Gasteiger partial charge in [0.1, 0.15) is 11.4 Å². The number of piperazine rings is 1. The van der Waals surface area contributed by atoms with Crippen LogP contribution in [0.2, 0.25) is 0 Å². The predicted molar refractivity (Wildman–Crippen MR) is 147 cm³/mol. The van der Waals surface area contributed by atoms with Crippen LogP contribution in [0, 0.1) is 0 Å². The van der Waals surface area contributed by atoms with E-state index in [0.717, 1.165) is 28.1 Å². The number of hydrogen-bond acceptors (Lipinski definition) is 7. The second kappa shape index (κ2) is 11.0. The number of imidazole rings is 1. The van der Waals surface area contributed by atoms with Gasteiger partial charge in [0.25, 0.3) is 11.8 Å². The molecule has 6 rings (SSSR count). The van der Waals surface area contributed by atoms with E-state index in [1.54, 1.807) is 10.3 Å². The number of aromatic nitrogens is 3. The van der Waals surface area contributed by atoms with Crippen LogP contribution in [0.25, 0.3) is 11.0 Å². The molecule has 2 aliphatic heterocycles. The Morgan fingerprint density at radius 1 is 0.878 bits per heavy atom. The Morgan fingerprint density at radius 3 is 2.29 bits per heavy atom. The molecule has 1 N–H and O–H groups in total. The molecular weight excluding hydrogens is 557 g/mol. The average Bonchev–Trinajstić information content (AvgIpc) is 3.64. The number of alkyl halides is 3. The molecule has 2 amide bonds. The molecule has 13 heteroatoms. The summed E-state index contributed by atoms with van der Waals surface area (Å²) in [5.74, 6) is -0.244. The fourth-order valence-electron chi connectivity index (χ4n) is 5.30. The molecule has 2 saturated heterocycles. The number of ether oxygens (including phenoxy) is 1. The number of likely N-dealkylation sites (tertiary alicyclic amines) is 1. The molecule has 4 aromatic rings. The van der Waals surface area contributed by atoms with Crippen molar-refractivity contribution in [1.29, 1.82) is 0 Å². The summed E-state index contributed by atoms with van der Waals surface area (Å²) in [5, 5.41) is 2.62. The van der Waals surface area contributed by atoms with Crippen molar-refractivity contribution in [2.75, 3.05) is 44.2 Å². The zero-order chi connectivity index (χ0) is 28.6. The lowest BCUT2D eigenvalue weighted by molar-refractivity contribution is -0.274. The largest absolute Gasteiger partial charge is 0.573 e. The van der Waals surface area contributed by atoms with E-state index < -0.39 is 18.0 Å². The molecule has 2 aliphatic rings. The van der Waals surface area contributed by atoms with Gasteiger partial charge in [-0.1, -0.05) is 24.3 Å². The van der Waals surface area contributed by atoms with E-state index in [2.05, 4.69) is 24.6 Å². The van der Waals surface area contributed by atoms with Crippen molar-refractivity contribution in [2.24, 2.45) is 0 Å². The molecule has 0 bridgehead atoms. The molecule has 2 aromatic heterocycles. The number of carbonyl (C=O) groups excluding carboxylic acids is 2. The van der Waals surface area contributed by atoms with Gasteiger partial charge in [0, 0.05) is 50.6 Å². The number of carbonyl (C=O) groups is 2. The monoisotopic (exact) mass is 584 g/mol.